The van der Waals surface area contributed by atoms with Gasteiger partial charge >= 0.3 is 0 Å². The third-order valence-corrected chi connectivity index (χ3v) is 4.66. The summed E-state index contributed by atoms with van der Waals surface area (Å²) < 4.78 is 0. The number of thioether (sulfide) groups is 1. The Morgan fingerprint density at radius 2 is 1.87 bits per heavy atom. The van der Waals surface area contributed by atoms with E-state index in [4.69, 9.17) is 0 Å². The van der Waals surface area contributed by atoms with E-state index in [1.807, 2.05) is 44.2 Å². The summed E-state index contributed by atoms with van der Waals surface area (Å²) in [6.45, 7) is 3.65. The van der Waals surface area contributed by atoms with Gasteiger partial charge in [0.05, 0.1) is 11.2 Å². The molecule has 1 amide bonds. The number of aryl methyl sites for hydroxylation is 1. The SMILES string of the molecule is Cc1ccc(C(=O)[O-])cc1NC(=O)[C@@H](C)SCc1ccccc1. The summed E-state index contributed by atoms with van der Waals surface area (Å²) in [4.78, 5) is 23.2. The normalized spacial score (nSPS) is 11.7. The van der Waals surface area contributed by atoms with Crippen molar-refractivity contribution in [3.63, 3.8) is 0 Å². The van der Waals surface area contributed by atoms with Gasteiger partial charge in [-0.1, -0.05) is 42.5 Å². The van der Waals surface area contributed by atoms with Crippen LogP contribution in [0.4, 0.5) is 5.69 Å². The van der Waals surface area contributed by atoms with Gasteiger partial charge in [0, 0.05) is 11.4 Å². The van der Waals surface area contributed by atoms with Crippen LogP contribution >= 0.6 is 11.8 Å². The molecule has 0 aromatic heterocycles. The third-order valence-electron chi connectivity index (χ3n) is 3.44. The number of carboxylic acid groups (broad SMARTS) is 1. The van der Waals surface area contributed by atoms with Gasteiger partial charge in [-0.25, -0.2) is 0 Å². The highest BCUT2D eigenvalue weighted by Crippen LogP contribution is 2.21. The van der Waals surface area contributed by atoms with Crippen LogP contribution in [0.25, 0.3) is 0 Å². The molecule has 1 N–H and O–H groups in total. The molecular formula is C18H18NO3S-. The highest BCUT2D eigenvalue weighted by atomic mass is 32.2. The number of carbonyl (C=O) groups is 2. The molecule has 1 atom stereocenters. The summed E-state index contributed by atoms with van der Waals surface area (Å²) >= 11 is 1.53. The lowest BCUT2D eigenvalue weighted by atomic mass is 10.1. The van der Waals surface area contributed by atoms with E-state index >= 15 is 0 Å². The first kappa shape index (κ1) is 17.1. The molecule has 2 aromatic carbocycles. The van der Waals surface area contributed by atoms with Crippen LogP contribution in [0.15, 0.2) is 48.5 Å². The van der Waals surface area contributed by atoms with Gasteiger partial charge in [-0.05, 0) is 36.6 Å². The minimum absolute atomic E-state index is 0.0514. The molecule has 5 heteroatoms. The van der Waals surface area contributed by atoms with E-state index in [-0.39, 0.29) is 16.7 Å². The molecule has 2 aromatic rings. The summed E-state index contributed by atoms with van der Waals surface area (Å²) in [6.07, 6.45) is 0. The fraction of sp³-hybridized carbons (Fsp3) is 0.222. The van der Waals surface area contributed by atoms with Gasteiger partial charge in [0.15, 0.2) is 0 Å². The second kappa shape index (κ2) is 7.83. The van der Waals surface area contributed by atoms with Crippen molar-refractivity contribution < 1.29 is 14.7 Å². The Morgan fingerprint density at radius 3 is 2.52 bits per heavy atom. The third kappa shape index (κ3) is 4.86. The second-order valence-electron chi connectivity index (χ2n) is 5.25. The van der Waals surface area contributed by atoms with Crippen molar-refractivity contribution in [3.05, 3.63) is 65.2 Å². The number of amides is 1. The Kier molecular flexibility index (Phi) is 5.82. The number of hydrogen-bond acceptors (Lipinski definition) is 4. The molecule has 0 unspecified atom stereocenters. The fourth-order valence-electron chi connectivity index (χ4n) is 1.99. The first-order chi connectivity index (χ1) is 11.0. The minimum Gasteiger partial charge on any atom is -0.545 e. The summed E-state index contributed by atoms with van der Waals surface area (Å²) in [7, 11) is 0. The zero-order valence-corrected chi connectivity index (χ0v) is 13.9. The molecule has 0 saturated carbocycles. The lowest BCUT2D eigenvalue weighted by molar-refractivity contribution is -0.255. The number of hydrogen-bond donors (Lipinski definition) is 1. The van der Waals surface area contributed by atoms with Gasteiger partial charge < -0.3 is 15.2 Å². The van der Waals surface area contributed by atoms with Gasteiger partial charge in [0.2, 0.25) is 5.91 Å². The first-order valence-corrected chi connectivity index (χ1v) is 8.30. The summed E-state index contributed by atoms with van der Waals surface area (Å²) in [5.74, 6) is -0.662. The highest BCUT2D eigenvalue weighted by Gasteiger charge is 2.15. The van der Waals surface area contributed by atoms with E-state index in [1.165, 1.54) is 23.9 Å². The molecule has 0 saturated heterocycles. The maximum atomic E-state index is 12.3. The number of carbonyl (C=O) groups excluding carboxylic acids is 2. The first-order valence-electron chi connectivity index (χ1n) is 7.26. The second-order valence-corrected chi connectivity index (χ2v) is 6.57. The largest absolute Gasteiger partial charge is 0.545 e. The number of nitrogens with one attached hydrogen (secondary N) is 1. The van der Waals surface area contributed by atoms with Crippen LogP contribution < -0.4 is 10.4 Å². The van der Waals surface area contributed by atoms with Crippen molar-refractivity contribution in [3.8, 4) is 0 Å². The smallest absolute Gasteiger partial charge is 0.237 e. The summed E-state index contributed by atoms with van der Waals surface area (Å²) in [6, 6.07) is 14.5. The van der Waals surface area contributed by atoms with Gasteiger partial charge in [-0.3, -0.25) is 4.79 Å². The van der Waals surface area contributed by atoms with Crippen LogP contribution in [0.2, 0.25) is 0 Å². The van der Waals surface area contributed by atoms with Crippen LogP contribution in [0.3, 0.4) is 0 Å². The zero-order chi connectivity index (χ0) is 16.8. The van der Waals surface area contributed by atoms with Crippen LogP contribution in [0.1, 0.15) is 28.4 Å². The Labute approximate surface area is 139 Å². The average molecular weight is 328 g/mol. The topological polar surface area (TPSA) is 69.2 Å². The number of anilines is 1. The molecule has 0 bridgehead atoms. The lowest BCUT2D eigenvalue weighted by Crippen LogP contribution is -2.25. The van der Waals surface area contributed by atoms with Crippen molar-refractivity contribution in [2.75, 3.05) is 5.32 Å². The van der Waals surface area contributed by atoms with E-state index in [9.17, 15) is 14.7 Å². The molecule has 0 spiro atoms. The van der Waals surface area contributed by atoms with Crippen molar-refractivity contribution in [1.29, 1.82) is 0 Å². The molecule has 4 nitrogen and oxygen atoms in total. The zero-order valence-electron chi connectivity index (χ0n) is 13.0. The highest BCUT2D eigenvalue weighted by molar-refractivity contribution is 7.99. The van der Waals surface area contributed by atoms with E-state index in [0.29, 0.717) is 5.69 Å². The molecule has 0 aliphatic carbocycles. The van der Waals surface area contributed by atoms with E-state index < -0.39 is 5.97 Å². The van der Waals surface area contributed by atoms with Crippen LogP contribution in [0.5, 0.6) is 0 Å². The molecule has 120 valence electrons. The van der Waals surface area contributed by atoms with Gasteiger partial charge in [0.1, 0.15) is 0 Å². The van der Waals surface area contributed by atoms with E-state index in [1.54, 1.807) is 6.07 Å². The predicted octanol–water partition coefficient (Wildman–Crippen LogP) is 2.62. The molecular weight excluding hydrogens is 310 g/mol. The summed E-state index contributed by atoms with van der Waals surface area (Å²) in [5.41, 5.74) is 2.52. The number of aromatic carboxylic acids is 1. The monoisotopic (exact) mass is 328 g/mol. The minimum atomic E-state index is -1.26. The lowest BCUT2D eigenvalue weighted by Gasteiger charge is -2.15. The Bertz CT molecular complexity index is 701. The maximum Gasteiger partial charge on any atom is 0.237 e. The van der Waals surface area contributed by atoms with Crippen LogP contribution in [0, 0.1) is 6.92 Å². The quantitative estimate of drug-likeness (QED) is 0.885. The Balaban J connectivity index is 1.98. The molecule has 0 fully saturated rings. The summed E-state index contributed by atoms with van der Waals surface area (Å²) in [5, 5.41) is 13.5. The maximum absolute atomic E-state index is 12.3. The molecule has 0 aliphatic rings. The standard InChI is InChI=1S/C18H19NO3S/c1-12-8-9-15(18(21)22)10-16(12)19-17(20)13(2)23-11-14-6-4-3-5-7-14/h3-10,13H,11H2,1-2H3,(H,19,20)(H,21,22)/p-1/t13-/m1/s1. The van der Waals surface area contributed by atoms with E-state index in [2.05, 4.69) is 5.32 Å². The Hall–Kier alpha value is -2.27. The van der Waals surface area contributed by atoms with Crippen LogP contribution in [-0.2, 0) is 10.5 Å². The van der Waals surface area contributed by atoms with Gasteiger partial charge in [-0.15, -0.1) is 11.8 Å². The van der Waals surface area contributed by atoms with Crippen molar-refractivity contribution in [2.45, 2.75) is 24.9 Å². The average Bonchev–Trinajstić information content (AvgIpc) is 2.55. The number of rotatable bonds is 6. The number of carboxylic acids is 1. The molecule has 2 rings (SSSR count). The number of benzene rings is 2. The van der Waals surface area contributed by atoms with E-state index in [0.717, 1.165) is 16.9 Å². The van der Waals surface area contributed by atoms with Gasteiger partial charge in [0.25, 0.3) is 0 Å². The van der Waals surface area contributed by atoms with Crippen molar-refractivity contribution >= 4 is 29.3 Å². The molecule has 0 radical (unpaired) electrons. The predicted molar refractivity (Wildman–Crippen MR) is 91.3 cm³/mol. The van der Waals surface area contributed by atoms with Crippen molar-refractivity contribution in [1.82, 2.24) is 0 Å². The van der Waals surface area contributed by atoms with Crippen molar-refractivity contribution in [2.24, 2.45) is 0 Å². The Morgan fingerprint density at radius 1 is 1.17 bits per heavy atom. The molecule has 0 aliphatic heterocycles. The van der Waals surface area contributed by atoms with Gasteiger partial charge in [-0.2, -0.15) is 0 Å². The van der Waals surface area contributed by atoms with Crippen LogP contribution in [-0.4, -0.2) is 17.1 Å². The molecule has 0 heterocycles. The fourth-order valence-corrected chi connectivity index (χ4v) is 2.83. The molecule has 23 heavy (non-hydrogen) atoms.